The molecule has 1 aliphatic rings. The number of carbonyl (C=O) groups is 1. The van der Waals surface area contributed by atoms with E-state index < -0.39 is 9.84 Å². The molecule has 2 rings (SSSR count). The van der Waals surface area contributed by atoms with Gasteiger partial charge < -0.3 is 4.90 Å². The molecule has 0 aliphatic carbocycles. The van der Waals surface area contributed by atoms with Crippen molar-refractivity contribution in [2.24, 2.45) is 0 Å². The van der Waals surface area contributed by atoms with Crippen molar-refractivity contribution < 1.29 is 13.2 Å². The van der Waals surface area contributed by atoms with Gasteiger partial charge in [-0.25, -0.2) is 13.4 Å². The number of thiazole rings is 1. The van der Waals surface area contributed by atoms with E-state index in [1.807, 2.05) is 13.8 Å². The van der Waals surface area contributed by atoms with E-state index in [2.05, 4.69) is 4.98 Å². The van der Waals surface area contributed by atoms with Gasteiger partial charge in [0.2, 0.25) is 5.91 Å². The van der Waals surface area contributed by atoms with Gasteiger partial charge in [-0.15, -0.1) is 11.3 Å². The minimum absolute atomic E-state index is 0.00310. The van der Waals surface area contributed by atoms with E-state index in [1.54, 1.807) is 4.90 Å². The molecule has 0 spiro atoms. The minimum atomic E-state index is -2.93. The topological polar surface area (TPSA) is 67.3 Å². The van der Waals surface area contributed by atoms with E-state index in [9.17, 15) is 13.2 Å². The predicted molar refractivity (Wildman–Crippen MR) is 70.5 cm³/mol. The summed E-state index contributed by atoms with van der Waals surface area (Å²) in [4.78, 5) is 18.9. The zero-order valence-corrected chi connectivity index (χ0v) is 12.1. The third-order valence-corrected chi connectivity index (χ3v) is 5.69. The van der Waals surface area contributed by atoms with E-state index in [-0.39, 0.29) is 17.4 Å². The maximum Gasteiger partial charge on any atom is 0.227 e. The van der Waals surface area contributed by atoms with Gasteiger partial charge in [0.1, 0.15) is 0 Å². The maximum atomic E-state index is 12.1. The highest BCUT2D eigenvalue weighted by atomic mass is 32.2. The van der Waals surface area contributed by atoms with Crippen LogP contribution >= 0.6 is 11.3 Å². The second-order valence-corrected chi connectivity index (χ2v) is 8.04. The molecular weight excluding hydrogens is 272 g/mol. The Hall–Kier alpha value is -0.950. The van der Waals surface area contributed by atoms with Crippen LogP contribution in [0.3, 0.4) is 0 Å². The lowest BCUT2D eigenvalue weighted by Gasteiger charge is -2.26. The first kappa shape index (κ1) is 13.5. The molecule has 1 saturated heterocycles. The van der Waals surface area contributed by atoms with Gasteiger partial charge in [-0.2, -0.15) is 0 Å². The Morgan fingerprint density at radius 2 is 1.94 bits per heavy atom. The second-order valence-electron chi connectivity index (χ2n) is 4.45. The Balaban J connectivity index is 1.99. The van der Waals surface area contributed by atoms with Gasteiger partial charge >= 0.3 is 0 Å². The summed E-state index contributed by atoms with van der Waals surface area (Å²) in [6, 6.07) is 0. The standard InChI is InChI=1S/C11H16N2O3S2/c1-8-10(17-9(2)12-8)7-11(14)13-3-5-18(15,16)6-4-13/h3-7H2,1-2H3. The van der Waals surface area contributed by atoms with Gasteiger partial charge in [0.15, 0.2) is 9.84 Å². The summed E-state index contributed by atoms with van der Waals surface area (Å²) in [6.45, 7) is 4.45. The van der Waals surface area contributed by atoms with Crippen LogP contribution in [-0.2, 0) is 21.1 Å². The third-order valence-electron chi connectivity index (χ3n) is 3.01. The minimum Gasteiger partial charge on any atom is -0.340 e. The van der Waals surface area contributed by atoms with E-state index >= 15 is 0 Å². The van der Waals surface area contributed by atoms with Crippen LogP contribution in [0.1, 0.15) is 15.6 Å². The van der Waals surface area contributed by atoms with Crippen molar-refractivity contribution >= 4 is 27.1 Å². The van der Waals surface area contributed by atoms with Crippen LogP contribution in [0.2, 0.25) is 0 Å². The number of aryl methyl sites for hydroxylation is 2. The van der Waals surface area contributed by atoms with Crippen LogP contribution in [0.25, 0.3) is 0 Å². The SMILES string of the molecule is Cc1nc(C)c(CC(=O)N2CCS(=O)(=O)CC2)s1. The fourth-order valence-corrected chi connectivity index (χ4v) is 4.08. The molecule has 1 amide bonds. The van der Waals surface area contributed by atoms with Crippen LogP contribution < -0.4 is 0 Å². The van der Waals surface area contributed by atoms with Crippen LogP contribution in [0.4, 0.5) is 0 Å². The molecule has 0 aromatic carbocycles. The van der Waals surface area contributed by atoms with Crippen molar-refractivity contribution in [1.29, 1.82) is 0 Å². The monoisotopic (exact) mass is 288 g/mol. The number of hydrogen-bond acceptors (Lipinski definition) is 5. The molecular formula is C11H16N2O3S2. The van der Waals surface area contributed by atoms with E-state index in [0.29, 0.717) is 19.5 Å². The first-order valence-corrected chi connectivity index (χ1v) is 8.42. The molecule has 5 nitrogen and oxygen atoms in total. The van der Waals surface area contributed by atoms with Crippen molar-refractivity contribution in [2.75, 3.05) is 24.6 Å². The average Bonchev–Trinajstić information content (AvgIpc) is 2.57. The molecule has 1 aliphatic heterocycles. The van der Waals surface area contributed by atoms with E-state index in [4.69, 9.17) is 0 Å². The number of nitrogens with zero attached hydrogens (tertiary/aromatic N) is 2. The van der Waals surface area contributed by atoms with Crippen LogP contribution in [0.15, 0.2) is 0 Å². The van der Waals surface area contributed by atoms with Crippen molar-refractivity contribution in [3.05, 3.63) is 15.6 Å². The molecule has 18 heavy (non-hydrogen) atoms. The molecule has 1 aromatic rings. The number of sulfone groups is 1. The third kappa shape index (κ3) is 3.08. The van der Waals surface area contributed by atoms with Crippen LogP contribution in [0.5, 0.6) is 0 Å². The average molecular weight is 288 g/mol. The van der Waals surface area contributed by atoms with Gasteiger partial charge in [0.25, 0.3) is 0 Å². The zero-order valence-electron chi connectivity index (χ0n) is 10.5. The molecule has 2 heterocycles. The largest absolute Gasteiger partial charge is 0.340 e. The Labute approximate surface area is 111 Å². The molecule has 1 aromatic heterocycles. The van der Waals surface area contributed by atoms with E-state index in [0.717, 1.165) is 15.6 Å². The second kappa shape index (κ2) is 4.97. The molecule has 0 bridgehead atoms. The molecule has 0 atom stereocenters. The van der Waals surface area contributed by atoms with Crippen molar-refractivity contribution in [1.82, 2.24) is 9.88 Å². The highest BCUT2D eigenvalue weighted by molar-refractivity contribution is 7.91. The lowest BCUT2D eigenvalue weighted by Crippen LogP contribution is -2.44. The summed E-state index contributed by atoms with van der Waals surface area (Å²) in [5, 5.41) is 0.955. The Morgan fingerprint density at radius 3 is 2.44 bits per heavy atom. The van der Waals surface area contributed by atoms with Crippen LogP contribution in [-0.4, -0.2) is 48.8 Å². The molecule has 0 N–H and O–H groups in total. The zero-order chi connectivity index (χ0) is 13.3. The first-order chi connectivity index (χ1) is 8.37. The quantitative estimate of drug-likeness (QED) is 0.797. The summed E-state index contributed by atoms with van der Waals surface area (Å²) >= 11 is 1.53. The van der Waals surface area contributed by atoms with E-state index in [1.165, 1.54) is 11.3 Å². The first-order valence-electron chi connectivity index (χ1n) is 5.78. The fraction of sp³-hybridized carbons (Fsp3) is 0.636. The van der Waals surface area contributed by atoms with Crippen molar-refractivity contribution in [3.63, 3.8) is 0 Å². The molecule has 0 unspecified atom stereocenters. The lowest BCUT2D eigenvalue weighted by atomic mass is 10.2. The molecule has 0 radical (unpaired) electrons. The van der Waals surface area contributed by atoms with Gasteiger partial charge in [0, 0.05) is 18.0 Å². The molecule has 1 fully saturated rings. The summed E-state index contributed by atoms with van der Waals surface area (Å²) in [5.41, 5.74) is 0.899. The molecule has 7 heteroatoms. The summed E-state index contributed by atoms with van der Waals surface area (Å²) in [5.74, 6) is 0.162. The smallest absolute Gasteiger partial charge is 0.227 e. The summed E-state index contributed by atoms with van der Waals surface area (Å²) in [6.07, 6.45) is 0.331. The van der Waals surface area contributed by atoms with Crippen molar-refractivity contribution in [3.8, 4) is 0 Å². The number of amides is 1. The predicted octanol–water partition coefficient (Wildman–Crippen LogP) is 0.559. The summed E-state index contributed by atoms with van der Waals surface area (Å²) < 4.78 is 22.6. The highest BCUT2D eigenvalue weighted by Gasteiger charge is 2.25. The lowest BCUT2D eigenvalue weighted by molar-refractivity contribution is -0.130. The normalized spacial score (nSPS) is 18.9. The van der Waals surface area contributed by atoms with Crippen LogP contribution in [0, 0.1) is 13.8 Å². The molecule has 0 saturated carbocycles. The summed E-state index contributed by atoms with van der Waals surface area (Å²) in [7, 11) is -2.93. The van der Waals surface area contributed by atoms with Crippen molar-refractivity contribution in [2.45, 2.75) is 20.3 Å². The van der Waals surface area contributed by atoms with Gasteiger partial charge in [0.05, 0.1) is 28.6 Å². The number of hydrogen-bond donors (Lipinski definition) is 0. The number of aromatic nitrogens is 1. The Bertz CT molecular complexity index is 549. The Morgan fingerprint density at radius 1 is 1.33 bits per heavy atom. The fourth-order valence-electron chi connectivity index (χ4n) is 1.95. The van der Waals surface area contributed by atoms with Gasteiger partial charge in [-0.1, -0.05) is 0 Å². The maximum absolute atomic E-state index is 12.1. The Kier molecular flexibility index (Phi) is 3.72. The molecule has 100 valence electrons. The van der Waals surface area contributed by atoms with Gasteiger partial charge in [-0.05, 0) is 13.8 Å². The highest BCUT2D eigenvalue weighted by Crippen LogP contribution is 2.19. The van der Waals surface area contributed by atoms with Gasteiger partial charge in [-0.3, -0.25) is 4.79 Å². The number of carbonyl (C=O) groups excluding carboxylic acids is 1. The number of rotatable bonds is 2.